The van der Waals surface area contributed by atoms with Crippen molar-refractivity contribution in [2.45, 2.75) is 44.0 Å². The van der Waals surface area contributed by atoms with Crippen LogP contribution in [-0.2, 0) is 6.54 Å². The Hall–Kier alpha value is -0.610. The van der Waals surface area contributed by atoms with E-state index in [9.17, 15) is 8.78 Å². The van der Waals surface area contributed by atoms with E-state index in [1.165, 1.54) is 12.8 Å². The van der Waals surface area contributed by atoms with Crippen molar-refractivity contribution in [3.05, 3.63) is 35.4 Å². The van der Waals surface area contributed by atoms with Gasteiger partial charge in [0.15, 0.2) is 11.6 Å². The van der Waals surface area contributed by atoms with Gasteiger partial charge in [-0.05, 0) is 24.7 Å². The van der Waals surface area contributed by atoms with Crippen molar-refractivity contribution in [2.24, 2.45) is 0 Å². The van der Waals surface area contributed by atoms with Gasteiger partial charge in [-0.1, -0.05) is 25.5 Å². The average molecular weight is 271 g/mol. The van der Waals surface area contributed by atoms with Crippen LogP contribution in [0.5, 0.6) is 0 Å². The van der Waals surface area contributed by atoms with Crippen molar-refractivity contribution in [3.63, 3.8) is 0 Å². The summed E-state index contributed by atoms with van der Waals surface area (Å²) in [6, 6.07) is 4.78. The van der Waals surface area contributed by atoms with E-state index in [4.69, 9.17) is 0 Å². The molecule has 0 aromatic heterocycles. The molecule has 18 heavy (non-hydrogen) atoms. The number of benzene rings is 1. The molecule has 0 saturated heterocycles. The van der Waals surface area contributed by atoms with Gasteiger partial charge in [-0.3, -0.25) is 0 Å². The van der Waals surface area contributed by atoms with Crippen LogP contribution >= 0.6 is 11.8 Å². The Morgan fingerprint density at radius 3 is 2.94 bits per heavy atom. The second kappa shape index (κ2) is 6.53. The first-order chi connectivity index (χ1) is 8.72. The number of halogens is 2. The molecule has 1 aliphatic carbocycles. The number of hydrogen-bond acceptors (Lipinski definition) is 2. The zero-order valence-corrected chi connectivity index (χ0v) is 11.4. The van der Waals surface area contributed by atoms with Crippen molar-refractivity contribution in [3.8, 4) is 0 Å². The third-order valence-electron chi connectivity index (χ3n) is 3.42. The van der Waals surface area contributed by atoms with E-state index in [0.29, 0.717) is 23.4 Å². The lowest BCUT2D eigenvalue weighted by atomic mass is 10.1. The standard InChI is InChI=1S/C14H19F2NS/c1-2-18-13-8-4-7-12(13)17-9-10-5-3-6-11(15)14(10)16/h3,5-6,12-13,17H,2,4,7-9H2,1H3. The molecule has 0 bridgehead atoms. The van der Waals surface area contributed by atoms with Crippen LogP contribution in [0.2, 0.25) is 0 Å². The summed E-state index contributed by atoms with van der Waals surface area (Å²) in [5.74, 6) is -0.375. The minimum atomic E-state index is -0.764. The summed E-state index contributed by atoms with van der Waals surface area (Å²) in [5, 5.41) is 3.99. The number of nitrogens with one attached hydrogen (secondary N) is 1. The molecule has 0 radical (unpaired) electrons. The van der Waals surface area contributed by atoms with E-state index in [0.717, 1.165) is 18.2 Å². The average Bonchev–Trinajstić information content (AvgIpc) is 2.79. The minimum absolute atomic E-state index is 0.412. The molecule has 1 saturated carbocycles. The lowest BCUT2D eigenvalue weighted by Crippen LogP contribution is -2.34. The Labute approximate surface area is 111 Å². The van der Waals surface area contributed by atoms with Crippen molar-refractivity contribution >= 4 is 11.8 Å². The second-order valence-electron chi connectivity index (χ2n) is 4.63. The van der Waals surface area contributed by atoms with E-state index < -0.39 is 11.6 Å². The van der Waals surface area contributed by atoms with Crippen LogP contribution in [0.15, 0.2) is 18.2 Å². The van der Waals surface area contributed by atoms with E-state index in [2.05, 4.69) is 12.2 Å². The predicted molar refractivity (Wildman–Crippen MR) is 72.8 cm³/mol. The van der Waals surface area contributed by atoms with E-state index >= 15 is 0 Å². The molecular formula is C14H19F2NS. The highest BCUT2D eigenvalue weighted by molar-refractivity contribution is 7.99. The summed E-state index contributed by atoms with van der Waals surface area (Å²) in [6.45, 7) is 2.57. The molecule has 2 rings (SSSR count). The Bertz CT molecular complexity index is 397. The normalized spacial score (nSPS) is 23.5. The number of thioether (sulfide) groups is 1. The summed E-state index contributed by atoms with van der Waals surface area (Å²) >= 11 is 1.96. The topological polar surface area (TPSA) is 12.0 Å². The smallest absolute Gasteiger partial charge is 0.163 e. The van der Waals surface area contributed by atoms with Crippen molar-refractivity contribution in [2.75, 3.05) is 5.75 Å². The molecule has 1 aromatic carbocycles. The Kier molecular flexibility index (Phi) is 5.01. The molecule has 0 amide bonds. The van der Waals surface area contributed by atoms with Crippen LogP contribution in [0.25, 0.3) is 0 Å². The summed E-state index contributed by atoms with van der Waals surface area (Å²) in [5.41, 5.74) is 0.419. The first-order valence-corrected chi connectivity index (χ1v) is 7.55. The molecule has 1 N–H and O–H groups in total. The molecule has 1 aliphatic rings. The van der Waals surface area contributed by atoms with Gasteiger partial charge in [0.05, 0.1) is 0 Å². The van der Waals surface area contributed by atoms with Crippen molar-refractivity contribution in [1.29, 1.82) is 0 Å². The largest absolute Gasteiger partial charge is 0.309 e. The number of hydrogen-bond donors (Lipinski definition) is 1. The lowest BCUT2D eigenvalue weighted by molar-refractivity contribution is 0.477. The SMILES string of the molecule is CCSC1CCCC1NCc1cccc(F)c1F. The maximum Gasteiger partial charge on any atom is 0.163 e. The van der Waals surface area contributed by atoms with Gasteiger partial charge in [0.2, 0.25) is 0 Å². The van der Waals surface area contributed by atoms with Crippen LogP contribution < -0.4 is 5.32 Å². The fraction of sp³-hybridized carbons (Fsp3) is 0.571. The summed E-state index contributed by atoms with van der Waals surface area (Å²) in [7, 11) is 0. The third kappa shape index (κ3) is 3.23. The first kappa shape index (κ1) is 13.8. The highest BCUT2D eigenvalue weighted by atomic mass is 32.2. The fourth-order valence-electron chi connectivity index (χ4n) is 2.50. The quantitative estimate of drug-likeness (QED) is 0.875. The molecule has 2 unspecified atom stereocenters. The number of rotatable bonds is 5. The van der Waals surface area contributed by atoms with Gasteiger partial charge in [-0.2, -0.15) is 11.8 Å². The maximum atomic E-state index is 13.5. The van der Waals surface area contributed by atoms with E-state index in [1.54, 1.807) is 12.1 Å². The van der Waals surface area contributed by atoms with Gasteiger partial charge >= 0.3 is 0 Å². The Morgan fingerprint density at radius 2 is 2.17 bits per heavy atom. The Balaban J connectivity index is 1.93. The summed E-state index contributed by atoms with van der Waals surface area (Å²) in [4.78, 5) is 0. The zero-order chi connectivity index (χ0) is 13.0. The predicted octanol–water partition coefficient (Wildman–Crippen LogP) is 3.73. The minimum Gasteiger partial charge on any atom is -0.309 e. The van der Waals surface area contributed by atoms with Crippen LogP contribution in [0.4, 0.5) is 8.78 Å². The summed E-state index contributed by atoms with van der Waals surface area (Å²) in [6.07, 6.45) is 3.58. The van der Waals surface area contributed by atoms with E-state index in [-0.39, 0.29) is 0 Å². The van der Waals surface area contributed by atoms with Crippen molar-refractivity contribution in [1.82, 2.24) is 5.32 Å². The van der Waals surface area contributed by atoms with Gasteiger partial charge in [-0.15, -0.1) is 0 Å². The van der Waals surface area contributed by atoms with E-state index in [1.807, 2.05) is 11.8 Å². The highest BCUT2D eigenvalue weighted by Gasteiger charge is 2.26. The molecule has 0 heterocycles. The van der Waals surface area contributed by atoms with Gasteiger partial charge in [-0.25, -0.2) is 8.78 Å². The summed E-state index contributed by atoms with van der Waals surface area (Å²) < 4.78 is 26.6. The molecule has 1 aromatic rings. The molecule has 0 spiro atoms. The van der Waals surface area contributed by atoms with Crippen LogP contribution in [0.3, 0.4) is 0 Å². The highest BCUT2D eigenvalue weighted by Crippen LogP contribution is 2.30. The Morgan fingerprint density at radius 1 is 1.33 bits per heavy atom. The zero-order valence-electron chi connectivity index (χ0n) is 10.6. The first-order valence-electron chi connectivity index (χ1n) is 6.50. The monoisotopic (exact) mass is 271 g/mol. The fourth-order valence-corrected chi connectivity index (χ4v) is 3.73. The molecule has 100 valence electrons. The third-order valence-corrected chi connectivity index (χ3v) is 4.75. The molecular weight excluding hydrogens is 252 g/mol. The lowest BCUT2D eigenvalue weighted by Gasteiger charge is -2.20. The van der Waals surface area contributed by atoms with Gasteiger partial charge in [0.1, 0.15) is 0 Å². The van der Waals surface area contributed by atoms with Gasteiger partial charge in [0.25, 0.3) is 0 Å². The van der Waals surface area contributed by atoms with Gasteiger partial charge < -0.3 is 5.32 Å². The van der Waals surface area contributed by atoms with Crippen molar-refractivity contribution < 1.29 is 8.78 Å². The van der Waals surface area contributed by atoms with Crippen LogP contribution in [0, 0.1) is 11.6 Å². The molecule has 4 heteroatoms. The molecule has 1 fully saturated rings. The second-order valence-corrected chi connectivity index (χ2v) is 6.14. The van der Waals surface area contributed by atoms with Gasteiger partial charge in [0, 0.05) is 23.4 Å². The molecule has 2 atom stereocenters. The maximum absolute atomic E-state index is 13.5. The van der Waals surface area contributed by atoms with Crippen LogP contribution in [-0.4, -0.2) is 17.0 Å². The molecule has 0 aliphatic heterocycles. The van der Waals surface area contributed by atoms with Crippen LogP contribution in [0.1, 0.15) is 31.7 Å². The molecule has 1 nitrogen and oxygen atoms in total.